The minimum atomic E-state index is -0.289. The first-order valence-corrected chi connectivity index (χ1v) is 6.84. The summed E-state index contributed by atoms with van der Waals surface area (Å²) in [6.07, 6.45) is 3.13. The Morgan fingerprint density at radius 1 is 1.40 bits per heavy atom. The third-order valence-electron chi connectivity index (χ3n) is 3.53. The third-order valence-corrected chi connectivity index (χ3v) is 3.53. The standard InChI is InChI=1S/C16H19FN2O/c1-4-12(3)19-8-7-14(18-19)10-16(20)13-5-6-15(17)11(2)9-13/h5-9,12H,4,10H2,1-3H3. The van der Waals surface area contributed by atoms with Crippen molar-refractivity contribution < 1.29 is 9.18 Å². The second-order valence-corrected chi connectivity index (χ2v) is 5.11. The van der Waals surface area contributed by atoms with Crippen molar-refractivity contribution in [2.24, 2.45) is 0 Å². The molecule has 4 heteroatoms. The van der Waals surface area contributed by atoms with Gasteiger partial charge in [0.1, 0.15) is 5.82 Å². The Morgan fingerprint density at radius 2 is 2.15 bits per heavy atom. The number of halogens is 1. The Morgan fingerprint density at radius 3 is 2.80 bits per heavy atom. The van der Waals surface area contributed by atoms with Gasteiger partial charge >= 0.3 is 0 Å². The highest BCUT2D eigenvalue weighted by atomic mass is 19.1. The average molecular weight is 274 g/mol. The monoisotopic (exact) mass is 274 g/mol. The molecule has 0 N–H and O–H groups in total. The van der Waals surface area contributed by atoms with Gasteiger partial charge < -0.3 is 0 Å². The molecule has 2 rings (SSSR count). The Bertz CT molecular complexity index is 619. The Labute approximate surface area is 118 Å². The first-order valence-electron chi connectivity index (χ1n) is 6.84. The molecular weight excluding hydrogens is 255 g/mol. The second kappa shape index (κ2) is 5.99. The number of Topliss-reactive ketones (excluding diaryl/α,β-unsaturated/α-hetero) is 1. The molecule has 0 saturated carbocycles. The normalized spacial score (nSPS) is 12.4. The van der Waals surface area contributed by atoms with Crippen LogP contribution in [-0.2, 0) is 6.42 Å². The maximum Gasteiger partial charge on any atom is 0.168 e. The lowest BCUT2D eigenvalue weighted by Crippen LogP contribution is -2.08. The van der Waals surface area contributed by atoms with Crippen molar-refractivity contribution in [2.45, 2.75) is 39.7 Å². The Balaban J connectivity index is 2.11. The number of carbonyl (C=O) groups is 1. The van der Waals surface area contributed by atoms with E-state index in [2.05, 4.69) is 18.9 Å². The van der Waals surface area contributed by atoms with Crippen LogP contribution in [0.1, 0.15) is 47.9 Å². The molecule has 20 heavy (non-hydrogen) atoms. The molecule has 0 bridgehead atoms. The van der Waals surface area contributed by atoms with Crippen LogP contribution in [0, 0.1) is 12.7 Å². The fourth-order valence-corrected chi connectivity index (χ4v) is 1.99. The summed E-state index contributed by atoms with van der Waals surface area (Å²) in [4.78, 5) is 12.2. The van der Waals surface area contributed by atoms with Crippen molar-refractivity contribution in [3.8, 4) is 0 Å². The molecule has 0 radical (unpaired) electrons. The van der Waals surface area contributed by atoms with Crippen LogP contribution in [0.15, 0.2) is 30.5 Å². The van der Waals surface area contributed by atoms with E-state index in [9.17, 15) is 9.18 Å². The number of rotatable bonds is 5. The van der Waals surface area contributed by atoms with E-state index < -0.39 is 0 Å². The molecule has 106 valence electrons. The molecule has 0 spiro atoms. The van der Waals surface area contributed by atoms with Gasteiger partial charge in [-0.05, 0) is 50.1 Å². The van der Waals surface area contributed by atoms with Crippen LogP contribution < -0.4 is 0 Å². The summed E-state index contributed by atoms with van der Waals surface area (Å²) in [5.41, 5.74) is 1.76. The molecule has 1 unspecified atom stereocenters. The minimum absolute atomic E-state index is 0.0394. The molecule has 1 aromatic carbocycles. The SMILES string of the molecule is CCC(C)n1ccc(CC(=O)c2ccc(F)c(C)c2)n1. The van der Waals surface area contributed by atoms with Gasteiger partial charge in [-0.15, -0.1) is 0 Å². The van der Waals surface area contributed by atoms with Crippen molar-refractivity contribution in [1.29, 1.82) is 0 Å². The van der Waals surface area contributed by atoms with Gasteiger partial charge in [0.2, 0.25) is 0 Å². The van der Waals surface area contributed by atoms with Gasteiger partial charge in [-0.2, -0.15) is 5.10 Å². The van der Waals surface area contributed by atoms with E-state index in [0.717, 1.165) is 12.1 Å². The number of ketones is 1. The van der Waals surface area contributed by atoms with Gasteiger partial charge in [0.15, 0.2) is 5.78 Å². The maximum absolute atomic E-state index is 13.2. The van der Waals surface area contributed by atoms with Crippen molar-refractivity contribution in [1.82, 2.24) is 9.78 Å². The van der Waals surface area contributed by atoms with Crippen LogP contribution in [0.3, 0.4) is 0 Å². The number of hydrogen-bond acceptors (Lipinski definition) is 2. The number of aryl methyl sites for hydroxylation is 1. The molecule has 0 aliphatic carbocycles. The van der Waals surface area contributed by atoms with Crippen LogP contribution in [-0.4, -0.2) is 15.6 Å². The maximum atomic E-state index is 13.2. The van der Waals surface area contributed by atoms with E-state index in [1.807, 2.05) is 16.9 Å². The zero-order chi connectivity index (χ0) is 14.7. The lowest BCUT2D eigenvalue weighted by atomic mass is 10.0. The highest BCUT2D eigenvalue weighted by molar-refractivity contribution is 5.97. The summed E-state index contributed by atoms with van der Waals surface area (Å²) in [7, 11) is 0. The number of aromatic nitrogens is 2. The number of nitrogens with zero attached hydrogens (tertiary/aromatic N) is 2. The van der Waals surface area contributed by atoms with Crippen molar-refractivity contribution in [2.75, 3.05) is 0 Å². The average Bonchev–Trinajstić information content (AvgIpc) is 2.89. The molecule has 0 saturated heterocycles. The van der Waals surface area contributed by atoms with Gasteiger partial charge in [0.25, 0.3) is 0 Å². The molecule has 0 amide bonds. The summed E-state index contributed by atoms with van der Waals surface area (Å²) in [6.45, 7) is 5.84. The summed E-state index contributed by atoms with van der Waals surface area (Å²) in [6, 6.07) is 6.63. The molecule has 1 aromatic heterocycles. The molecule has 0 fully saturated rings. The highest BCUT2D eigenvalue weighted by Gasteiger charge is 2.12. The number of hydrogen-bond donors (Lipinski definition) is 0. The summed E-state index contributed by atoms with van der Waals surface area (Å²) < 4.78 is 15.1. The van der Waals surface area contributed by atoms with Crippen LogP contribution in [0.25, 0.3) is 0 Å². The minimum Gasteiger partial charge on any atom is -0.294 e. The van der Waals surface area contributed by atoms with Crippen LogP contribution >= 0.6 is 0 Å². The largest absolute Gasteiger partial charge is 0.294 e. The molecular formula is C16H19FN2O. The third kappa shape index (κ3) is 3.13. The molecule has 0 aliphatic heterocycles. The van der Waals surface area contributed by atoms with Gasteiger partial charge in [0.05, 0.1) is 12.1 Å². The predicted octanol–water partition coefficient (Wildman–Crippen LogP) is 3.73. The zero-order valence-corrected chi connectivity index (χ0v) is 12.1. The Hall–Kier alpha value is -1.97. The molecule has 1 atom stereocenters. The highest BCUT2D eigenvalue weighted by Crippen LogP contribution is 2.13. The smallest absolute Gasteiger partial charge is 0.168 e. The number of carbonyl (C=O) groups excluding carboxylic acids is 1. The second-order valence-electron chi connectivity index (χ2n) is 5.11. The fourth-order valence-electron chi connectivity index (χ4n) is 1.99. The first kappa shape index (κ1) is 14.4. The van der Waals surface area contributed by atoms with E-state index in [1.54, 1.807) is 13.0 Å². The van der Waals surface area contributed by atoms with Gasteiger partial charge in [-0.3, -0.25) is 9.48 Å². The topological polar surface area (TPSA) is 34.9 Å². The van der Waals surface area contributed by atoms with Crippen LogP contribution in [0.4, 0.5) is 4.39 Å². The van der Waals surface area contributed by atoms with Crippen LogP contribution in [0.5, 0.6) is 0 Å². The first-order chi connectivity index (χ1) is 9.51. The number of benzene rings is 1. The van der Waals surface area contributed by atoms with E-state index in [-0.39, 0.29) is 18.0 Å². The molecule has 2 aromatic rings. The lowest BCUT2D eigenvalue weighted by molar-refractivity contribution is 0.0991. The summed E-state index contributed by atoms with van der Waals surface area (Å²) >= 11 is 0. The molecule has 0 aliphatic rings. The lowest BCUT2D eigenvalue weighted by Gasteiger charge is -2.08. The summed E-state index contributed by atoms with van der Waals surface area (Å²) in [5.74, 6) is -0.329. The van der Waals surface area contributed by atoms with Gasteiger partial charge in [0, 0.05) is 17.8 Å². The van der Waals surface area contributed by atoms with Crippen molar-refractivity contribution in [3.05, 3.63) is 53.1 Å². The van der Waals surface area contributed by atoms with Gasteiger partial charge in [-0.25, -0.2) is 4.39 Å². The Kier molecular flexibility index (Phi) is 4.32. The zero-order valence-electron chi connectivity index (χ0n) is 12.1. The molecule has 1 heterocycles. The van der Waals surface area contributed by atoms with Crippen molar-refractivity contribution >= 4 is 5.78 Å². The fraction of sp³-hybridized carbons (Fsp3) is 0.375. The predicted molar refractivity (Wildman–Crippen MR) is 76.4 cm³/mol. The van der Waals surface area contributed by atoms with Crippen molar-refractivity contribution in [3.63, 3.8) is 0 Å². The van der Waals surface area contributed by atoms with Gasteiger partial charge in [-0.1, -0.05) is 6.92 Å². The van der Waals surface area contributed by atoms with Crippen LogP contribution in [0.2, 0.25) is 0 Å². The summed E-state index contributed by atoms with van der Waals surface area (Å²) in [5, 5.41) is 4.41. The quantitative estimate of drug-likeness (QED) is 0.779. The molecule has 3 nitrogen and oxygen atoms in total. The van der Waals surface area contributed by atoms with E-state index >= 15 is 0 Å². The van der Waals surface area contributed by atoms with E-state index in [1.165, 1.54) is 12.1 Å². The van der Waals surface area contributed by atoms with E-state index in [0.29, 0.717) is 17.2 Å². The van der Waals surface area contributed by atoms with E-state index in [4.69, 9.17) is 0 Å².